The summed E-state index contributed by atoms with van der Waals surface area (Å²) in [6.45, 7) is 3.60. The second-order valence-corrected chi connectivity index (χ2v) is 4.25. The summed E-state index contributed by atoms with van der Waals surface area (Å²) < 4.78 is 1.22. The van der Waals surface area contributed by atoms with Gasteiger partial charge in [-0.3, -0.25) is 0 Å². The molecule has 0 heterocycles. The molecule has 1 aromatic carbocycles. The Morgan fingerprint density at radius 1 is 1.38 bits per heavy atom. The SMILES string of the molecule is C=CCC(O)Cc1ccc(I)cc1. The number of rotatable bonds is 4. The Bertz CT molecular complexity index is 266. The molecular weight excluding hydrogens is 275 g/mol. The number of benzene rings is 1. The largest absolute Gasteiger partial charge is 0.392 e. The normalized spacial score (nSPS) is 12.5. The lowest BCUT2D eigenvalue weighted by Crippen LogP contribution is -2.08. The first kappa shape index (κ1) is 10.7. The number of halogens is 1. The zero-order valence-corrected chi connectivity index (χ0v) is 9.57. The van der Waals surface area contributed by atoms with Crippen LogP contribution >= 0.6 is 22.6 Å². The molecule has 0 aromatic heterocycles. The van der Waals surface area contributed by atoms with Crippen molar-refractivity contribution in [3.8, 4) is 0 Å². The third-order valence-electron chi connectivity index (χ3n) is 1.82. The average Bonchev–Trinajstić information content (AvgIpc) is 2.09. The van der Waals surface area contributed by atoms with Crippen LogP contribution in [0.15, 0.2) is 36.9 Å². The molecule has 0 aliphatic heterocycles. The van der Waals surface area contributed by atoms with Gasteiger partial charge in [0.1, 0.15) is 0 Å². The van der Waals surface area contributed by atoms with Crippen molar-refractivity contribution in [1.82, 2.24) is 0 Å². The van der Waals surface area contributed by atoms with Crippen LogP contribution in [0.25, 0.3) is 0 Å². The van der Waals surface area contributed by atoms with Crippen LogP contribution in [0.3, 0.4) is 0 Å². The fourth-order valence-corrected chi connectivity index (χ4v) is 1.53. The van der Waals surface area contributed by atoms with E-state index in [0.29, 0.717) is 12.8 Å². The number of hydrogen-bond acceptors (Lipinski definition) is 1. The molecule has 1 unspecified atom stereocenters. The fraction of sp³-hybridized carbons (Fsp3) is 0.273. The summed E-state index contributed by atoms with van der Waals surface area (Å²) in [5.74, 6) is 0. The van der Waals surface area contributed by atoms with E-state index in [-0.39, 0.29) is 6.10 Å². The highest BCUT2D eigenvalue weighted by atomic mass is 127. The Hall–Kier alpha value is -0.350. The molecule has 0 spiro atoms. The summed E-state index contributed by atoms with van der Waals surface area (Å²) in [7, 11) is 0. The summed E-state index contributed by atoms with van der Waals surface area (Å²) in [4.78, 5) is 0. The van der Waals surface area contributed by atoms with E-state index < -0.39 is 0 Å². The van der Waals surface area contributed by atoms with Gasteiger partial charge in [0.25, 0.3) is 0 Å². The van der Waals surface area contributed by atoms with E-state index in [1.807, 2.05) is 12.1 Å². The zero-order valence-electron chi connectivity index (χ0n) is 7.41. The van der Waals surface area contributed by atoms with Gasteiger partial charge in [0.2, 0.25) is 0 Å². The highest BCUT2D eigenvalue weighted by molar-refractivity contribution is 14.1. The molecule has 1 nitrogen and oxygen atoms in total. The molecule has 0 saturated heterocycles. The summed E-state index contributed by atoms with van der Waals surface area (Å²) >= 11 is 2.27. The van der Waals surface area contributed by atoms with Gasteiger partial charge in [-0.1, -0.05) is 18.2 Å². The highest BCUT2D eigenvalue weighted by Gasteiger charge is 2.02. The Labute approximate surface area is 92.6 Å². The monoisotopic (exact) mass is 288 g/mol. The van der Waals surface area contributed by atoms with E-state index >= 15 is 0 Å². The quantitative estimate of drug-likeness (QED) is 0.667. The summed E-state index contributed by atoms with van der Waals surface area (Å²) in [6, 6.07) is 8.20. The van der Waals surface area contributed by atoms with Crippen molar-refractivity contribution < 1.29 is 5.11 Å². The first-order valence-corrected chi connectivity index (χ1v) is 5.33. The van der Waals surface area contributed by atoms with Gasteiger partial charge in [-0.2, -0.15) is 0 Å². The summed E-state index contributed by atoms with van der Waals surface area (Å²) in [5.41, 5.74) is 1.18. The fourth-order valence-electron chi connectivity index (χ4n) is 1.17. The number of aliphatic hydroxyl groups excluding tert-OH is 1. The summed E-state index contributed by atoms with van der Waals surface area (Å²) in [6.07, 6.45) is 2.82. The van der Waals surface area contributed by atoms with E-state index in [9.17, 15) is 5.11 Å². The van der Waals surface area contributed by atoms with Gasteiger partial charge in [-0.25, -0.2) is 0 Å². The van der Waals surface area contributed by atoms with Crippen LogP contribution in [0, 0.1) is 3.57 Å². The van der Waals surface area contributed by atoms with Crippen LogP contribution in [0.2, 0.25) is 0 Å². The first-order valence-electron chi connectivity index (χ1n) is 4.26. The van der Waals surface area contributed by atoms with Gasteiger partial charge >= 0.3 is 0 Å². The molecule has 0 aliphatic carbocycles. The molecule has 0 bridgehead atoms. The van der Waals surface area contributed by atoms with Crippen LogP contribution in [-0.2, 0) is 6.42 Å². The molecule has 0 fully saturated rings. The van der Waals surface area contributed by atoms with Gasteiger partial charge in [-0.15, -0.1) is 6.58 Å². The molecule has 1 rings (SSSR count). The standard InChI is InChI=1S/C11H13IO/c1-2-3-11(13)8-9-4-6-10(12)7-5-9/h2,4-7,11,13H,1,3,8H2. The molecular formula is C11H13IO. The van der Waals surface area contributed by atoms with Crippen molar-refractivity contribution in [1.29, 1.82) is 0 Å². The van der Waals surface area contributed by atoms with Crippen molar-refractivity contribution >= 4 is 22.6 Å². The van der Waals surface area contributed by atoms with Crippen molar-refractivity contribution in [2.24, 2.45) is 0 Å². The topological polar surface area (TPSA) is 20.2 Å². The van der Waals surface area contributed by atoms with Gasteiger partial charge in [0, 0.05) is 3.57 Å². The van der Waals surface area contributed by atoms with E-state index in [4.69, 9.17) is 0 Å². The van der Waals surface area contributed by atoms with Gasteiger partial charge < -0.3 is 5.11 Å². The van der Waals surface area contributed by atoms with Crippen molar-refractivity contribution in [2.75, 3.05) is 0 Å². The maximum Gasteiger partial charge on any atom is 0.0614 e. The molecule has 1 aromatic rings. The minimum Gasteiger partial charge on any atom is -0.392 e. The third kappa shape index (κ3) is 3.91. The summed E-state index contributed by atoms with van der Waals surface area (Å²) in [5, 5.41) is 9.50. The molecule has 0 amide bonds. The van der Waals surface area contributed by atoms with Gasteiger partial charge in [0.05, 0.1) is 6.10 Å². The average molecular weight is 288 g/mol. The molecule has 70 valence electrons. The molecule has 0 saturated carbocycles. The van der Waals surface area contributed by atoms with E-state index in [2.05, 4.69) is 41.3 Å². The maximum atomic E-state index is 9.50. The predicted octanol–water partition coefficient (Wildman–Crippen LogP) is 2.77. The van der Waals surface area contributed by atoms with Gasteiger partial charge in [-0.05, 0) is 53.1 Å². The Kier molecular flexibility index (Phi) is 4.45. The minimum absolute atomic E-state index is 0.294. The smallest absolute Gasteiger partial charge is 0.0614 e. The third-order valence-corrected chi connectivity index (χ3v) is 2.54. The molecule has 2 heteroatoms. The Morgan fingerprint density at radius 3 is 2.54 bits per heavy atom. The molecule has 1 N–H and O–H groups in total. The second-order valence-electron chi connectivity index (χ2n) is 3.01. The zero-order chi connectivity index (χ0) is 9.68. The van der Waals surface area contributed by atoms with Crippen LogP contribution in [0.1, 0.15) is 12.0 Å². The lowest BCUT2D eigenvalue weighted by molar-refractivity contribution is 0.178. The number of hydrogen-bond donors (Lipinski definition) is 1. The first-order chi connectivity index (χ1) is 6.22. The van der Waals surface area contributed by atoms with E-state index in [1.165, 1.54) is 9.13 Å². The van der Waals surface area contributed by atoms with Crippen molar-refractivity contribution in [3.05, 3.63) is 46.1 Å². The van der Waals surface area contributed by atoms with Crippen molar-refractivity contribution in [2.45, 2.75) is 18.9 Å². The van der Waals surface area contributed by atoms with E-state index in [1.54, 1.807) is 6.08 Å². The van der Waals surface area contributed by atoms with E-state index in [0.717, 1.165) is 0 Å². The van der Waals surface area contributed by atoms with Crippen LogP contribution in [-0.4, -0.2) is 11.2 Å². The predicted molar refractivity (Wildman–Crippen MR) is 63.7 cm³/mol. The second kappa shape index (κ2) is 5.40. The molecule has 1 atom stereocenters. The Morgan fingerprint density at radius 2 is 2.00 bits per heavy atom. The van der Waals surface area contributed by atoms with Crippen LogP contribution < -0.4 is 0 Å². The molecule has 0 radical (unpaired) electrons. The maximum absolute atomic E-state index is 9.50. The lowest BCUT2D eigenvalue weighted by atomic mass is 10.1. The minimum atomic E-state index is -0.294. The molecule has 13 heavy (non-hydrogen) atoms. The lowest BCUT2D eigenvalue weighted by Gasteiger charge is -2.07. The van der Waals surface area contributed by atoms with Gasteiger partial charge in [0.15, 0.2) is 0 Å². The van der Waals surface area contributed by atoms with Crippen LogP contribution in [0.4, 0.5) is 0 Å². The Balaban J connectivity index is 2.53. The van der Waals surface area contributed by atoms with Crippen LogP contribution in [0.5, 0.6) is 0 Å². The number of aliphatic hydroxyl groups is 1. The highest BCUT2D eigenvalue weighted by Crippen LogP contribution is 2.09. The molecule has 0 aliphatic rings. The van der Waals surface area contributed by atoms with Crippen molar-refractivity contribution in [3.63, 3.8) is 0 Å².